The lowest BCUT2D eigenvalue weighted by Gasteiger charge is -2.33. The molecule has 1 heterocycles. The van der Waals surface area contributed by atoms with Gasteiger partial charge in [0.25, 0.3) is 0 Å². The molecule has 21 heavy (non-hydrogen) atoms. The van der Waals surface area contributed by atoms with Crippen LogP contribution in [-0.2, 0) is 11.3 Å². The van der Waals surface area contributed by atoms with E-state index in [1.54, 1.807) is 0 Å². The average Bonchev–Trinajstić information content (AvgIpc) is 2.92. The molecule has 1 aromatic rings. The number of amides is 1. The second-order valence-electron chi connectivity index (χ2n) is 6.38. The van der Waals surface area contributed by atoms with Crippen molar-refractivity contribution in [2.24, 2.45) is 0 Å². The van der Waals surface area contributed by atoms with Gasteiger partial charge in [-0.2, -0.15) is 0 Å². The van der Waals surface area contributed by atoms with E-state index in [1.807, 2.05) is 44.1 Å². The van der Waals surface area contributed by atoms with Gasteiger partial charge in [-0.05, 0) is 46.0 Å². The number of carbonyl (C=O) groups is 1. The summed E-state index contributed by atoms with van der Waals surface area (Å²) in [6.45, 7) is 5.31. The van der Waals surface area contributed by atoms with Crippen LogP contribution in [0.5, 0.6) is 0 Å². The molecule has 0 radical (unpaired) electrons. The van der Waals surface area contributed by atoms with E-state index in [2.05, 4.69) is 22.3 Å². The van der Waals surface area contributed by atoms with Crippen molar-refractivity contribution < 1.29 is 4.79 Å². The number of likely N-dealkylation sites (N-methyl/N-ethyl adjacent to an activating group) is 1. The maximum absolute atomic E-state index is 12.9. The standard InChI is InChI=1S/C17H27N3O/c1-17(10-7-11-18-17)16(21)20(13-12-19(2)3)14-15-8-5-4-6-9-15/h4-6,8-9,18H,7,10-14H2,1-3H3. The van der Waals surface area contributed by atoms with Gasteiger partial charge in [0, 0.05) is 19.6 Å². The van der Waals surface area contributed by atoms with Gasteiger partial charge in [-0.1, -0.05) is 30.3 Å². The molecule has 1 amide bonds. The van der Waals surface area contributed by atoms with Crippen LogP contribution in [-0.4, -0.2) is 55.0 Å². The minimum atomic E-state index is -0.388. The van der Waals surface area contributed by atoms with Crippen LogP contribution in [0, 0.1) is 0 Å². The van der Waals surface area contributed by atoms with Gasteiger partial charge in [0.15, 0.2) is 0 Å². The highest BCUT2D eigenvalue weighted by Gasteiger charge is 2.38. The quantitative estimate of drug-likeness (QED) is 0.866. The summed E-state index contributed by atoms with van der Waals surface area (Å²) in [6, 6.07) is 10.2. The molecule has 1 saturated heterocycles. The average molecular weight is 289 g/mol. The minimum absolute atomic E-state index is 0.228. The van der Waals surface area contributed by atoms with Gasteiger partial charge < -0.3 is 15.1 Å². The number of hydrogen-bond acceptors (Lipinski definition) is 3. The highest BCUT2D eigenvalue weighted by molar-refractivity contribution is 5.86. The summed E-state index contributed by atoms with van der Waals surface area (Å²) in [5, 5.41) is 3.38. The van der Waals surface area contributed by atoms with Gasteiger partial charge in [-0.25, -0.2) is 0 Å². The lowest BCUT2D eigenvalue weighted by Crippen LogP contribution is -2.53. The molecule has 116 valence electrons. The summed E-state index contributed by atoms with van der Waals surface area (Å²) in [5.41, 5.74) is 0.798. The zero-order valence-corrected chi connectivity index (χ0v) is 13.4. The van der Waals surface area contributed by atoms with Crippen LogP contribution in [0.4, 0.5) is 0 Å². The Labute approximate surface area is 128 Å². The Hall–Kier alpha value is -1.39. The molecule has 1 unspecified atom stereocenters. The molecule has 0 bridgehead atoms. The Morgan fingerprint density at radius 1 is 1.24 bits per heavy atom. The predicted molar refractivity (Wildman–Crippen MR) is 86.1 cm³/mol. The number of rotatable bonds is 6. The van der Waals surface area contributed by atoms with E-state index in [0.717, 1.165) is 32.5 Å². The smallest absolute Gasteiger partial charge is 0.242 e. The van der Waals surface area contributed by atoms with Crippen LogP contribution >= 0.6 is 0 Å². The molecule has 0 aliphatic carbocycles. The zero-order valence-electron chi connectivity index (χ0n) is 13.4. The van der Waals surface area contributed by atoms with Crippen molar-refractivity contribution in [2.75, 3.05) is 33.7 Å². The first kappa shape index (κ1) is 16.0. The normalized spacial score (nSPS) is 21.7. The summed E-state index contributed by atoms with van der Waals surface area (Å²) in [7, 11) is 4.08. The molecule has 4 heteroatoms. The highest BCUT2D eigenvalue weighted by Crippen LogP contribution is 2.22. The maximum Gasteiger partial charge on any atom is 0.242 e. The van der Waals surface area contributed by atoms with E-state index in [4.69, 9.17) is 0 Å². The number of carbonyl (C=O) groups excluding carboxylic acids is 1. The van der Waals surface area contributed by atoms with Crippen molar-refractivity contribution in [2.45, 2.75) is 31.8 Å². The zero-order chi connectivity index (χ0) is 15.3. The first-order chi connectivity index (χ1) is 10.0. The SMILES string of the molecule is CN(C)CCN(Cc1ccccc1)C(=O)C1(C)CCCN1. The van der Waals surface area contributed by atoms with E-state index >= 15 is 0 Å². The van der Waals surface area contributed by atoms with Gasteiger partial charge in [-0.3, -0.25) is 4.79 Å². The molecule has 1 aromatic carbocycles. The van der Waals surface area contributed by atoms with Crippen molar-refractivity contribution >= 4 is 5.91 Å². The van der Waals surface area contributed by atoms with Crippen molar-refractivity contribution in [1.29, 1.82) is 0 Å². The molecule has 1 aliphatic rings. The molecule has 1 fully saturated rings. The lowest BCUT2D eigenvalue weighted by atomic mass is 9.98. The highest BCUT2D eigenvalue weighted by atomic mass is 16.2. The van der Waals surface area contributed by atoms with E-state index in [-0.39, 0.29) is 11.4 Å². The van der Waals surface area contributed by atoms with Crippen molar-refractivity contribution in [1.82, 2.24) is 15.1 Å². The Balaban J connectivity index is 2.09. The largest absolute Gasteiger partial charge is 0.335 e. The molecular formula is C17H27N3O. The van der Waals surface area contributed by atoms with Gasteiger partial charge in [-0.15, -0.1) is 0 Å². The summed E-state index contributed by atoms with van der Waals surface area (Å²) in [5.74, 6) is 0.228. The topological polar surface area (TPSA) is 35.6 Å². The third-order valence-corrected chi connectivity index (χ3v) is 4.16. The van der Waals surface area contributed by atoms with Crippen LogP contribution in [0.25, 0.3) is 0 Å². The third-order valence-electron chi connectivity index (χ3n) is 4.16. The van der Waals surface area contributed by atoms with Crippen molar-refractivity contribution in [3.05, 3.63) is 35.9 Å². The summed E-state index contributed by atoms with van der Waals surface area (Å²) in [4.78, 5) is 17.0. The third kappa shape index (κ3) is 4.29. The van der Waals surface area contributed by atoms with Gasteiger partial charge in [0.2, 0.25) is 5.91 Å². The van der Waals surface area contributed by atoms with Crippen molar-refractivity contribution in [3.8, 4) is 0 Å². The molecule has 2 rings (SSSR count). The fraction of sp³-hybridized carbons (Fsp3) is 0.588. The van der Waals surface area contributed by atoms with Crippen LogP contribution in [0.2, 0.25) is 0 Å². The predicted octanol–water partition coefficient (Wildman–Crippen LogP) is 1.72. The molecule has 0 saturated carbocycles. The van der Waals surface area contributed by atoms with Gasteiger partial charge >= 0.3 is 0 Å². The molecule has 0 aromatic heterocycles. The molecule has 4 nitrogen and oxygen atoms in total. The summed E-state index contributed by atoms with van der Waals surface area (Å²) < 4.78 is 0. The fourth-order valence-corrected chi connectivity index (χ4v) is 2.80. The second-order valence-corrected chi connectivity index (χ2v) is 6.38. The van der Waals surface area contributed by atoms with Crippen LogP contribution < -0.4 is 5.32 Å². The maximum atomic E-state index is 12.9. The Morgan fingerprint density at radius 3 is 2.52 bits per heavy atom. The second kappa shape index (κ2) is 7.05. The van der Waals surface area contributed by atoms with Crippen molar-refractivity contribution in [3.63, 3.8) is 0 Å². The van der Waals surface area contributed by atoms with E-state index in [0.29, 0.717) is 6.54 Å². The van der Waals surface area contributed by atoms with Gasteiger partial charge in [0.05, 0.1) is 5.54 Å². The molecule has 1 atom stereocenters. The molecule has 1 aliphatic heterocycles. The number of nitrogens with zero attached hydrogens (tertiary/aromatic N) is 2. The molecular weight excluding hydrogens is 262 g/mol. The lowest BCUT2D eigenvalue weighted by molar-refractivity contribution is -0.138. The van der Waals surface area contributed by atoms with E-state index in [9.17, 15) is 4.79 Å². The van der Waals surface area contributed by atoms with Crippen LogP contribution in [0.1, 0.15) is 25.3 Å². The number of hydrogen-bond donors (Lipinski definition) is 1. The Bertz CT molecular complexity index is 452. The van der Waals surface area contributed by atoms with Crippen LogP contribution in [0.3, 0.4) is 0 Å². The Morgan fingerprint density at radius 2 is 1.95 bits per heavy atom. The monoisotopic (exact) mass is 289 g/mol. The Kier molecular flexibility index (Phi) is 5.37. The number of benzene rings is 1. The molecule has 0 spiro atoms. The summed E-state index contributed by atoms with van der Waals surface area (Å²) >= 11 is 0. The minimum Gasteiger partial charge on any atom is -0.335 e. The van der Waals surface area contributed by atoms with E-state index in [1.165, 1.54) is 5.56 Å². The first-order valence-electron chi connectivity index (χ1n) is 7.74. The van der Waals surface area contributed by atoms with Gasteiger partial charge in [0.1, 0.15) is 0 Å². The number of nitrogens with one attached hydrogen (secondary N) is 1. The van der Waals surface area contributed by atoms with E-state index < -0.39 is 0 Å². The molecule has 1 N–H and O–H groups in total. The fourth-order valence-electron chi connectivity index (χ4n) is 2.80. The van der Waals surface area contributed by atoms with Crippen LogP contribution in [0.15, 0.2) is 30.3 Å². The summed E-state index contributed by atoms with van der Waals surface area (Å²) in [6.07, 6.45) is 2.01. The first-order valence-corrected chi connectivity index (χ1v) is 7.74.